The molecule has 8 heteroatoms. The Bertz CT molecular complexity index is 805. The van der Waals surface area contributed by atoms with Crippen LogP contribution in [0.2, 0.25) is 0 Å². The van der Waals surface area contributed by atoms with Crippen molar-refractivity contribution in [3.63, 3.8) is 0 Å². The number of aliphatic hydroxyl groups is 1. The summed E-state index contributed by atoms with van der Waals surface area (Å²) in [5, 5.41) is 12.8. The number of carbonyl (C=O) groups excluding carboxylic acids is 1. The van der Waals surface area contributed by atoms with Crippen molar-refractivity contribution in [3.8, 4) is 0 Å². The summed E-state index contributed by atoms with van der Waals surface area (Å²) in [6.07, 6.45) is 5.07. The van der Waals surface area contributed by atoms with Crippen molar-refractivity contribution in [1.82, 2.24) is 9.62 Å². The normalized spacial score (nSPS) is 23.2. The Morgan fingerprint density at radius 1 is 1.28 bits per heavy atom. The fourth-order valence-electron chi connectivity index (χ4n) is 4.18. The molecule has 162 valence electrons. The molecule has 3 rings (SSSR count). The first-order valence-corrected chi connectivity index (χ1v) is 12.0. The van der Waals surface area contributed by atoms with Gasteiger partial charge in [-0.3, -0.25) is 4.79 Å². The second-order valence-electron chi connectivity index (χ2n) is 7.85. The lowest BCUT2D eigenvalue weighted by Crippen LogP contribution is -2.41. The van der Waals surface area contributed by atoms with E-state index in [4.69, 9.17) is 4.74 Å². The van der Waals surface area contributed by atoms with Gasteiger partial charge in [0.15, 0.2) is 0 Å². The number of aliphatic hydroxyl groups excluding tert-OH is 1. The Morgan fingerprint density at radius 2 is 2.03 bits per heavy atom. The quantitative estimate of drug-likeness (QED) is 0.622. The van der Waals surface area contributed by atoms with Gasteiger partial charge in [-0.25, -0.2) is 8.42 Å². The van der Waals surface area contributed by atoms with Crippen LogP contribution in [0.1, 0.15) is 54.9 Å². The van der Waals surface area contributed by atoms with Crippen molar-refractivity contribution in [2.45, 2.75) is 56.4 Å². The number of ether oxygens (including phenoxy) is 1. The minimum Gasteiger partial charge on any atom is -0.393 e. The van der Waals surface area contributed by atoms with Gasteiger partial charge in [-0.1, -0.05) is 19.4 Å². The number of morpholine rings is 1. The summed E-state index contributed by atoms with van der Waals surface area (Å²) >= 11 is 0. The topological polar surface area (TPSA) is 95.9 Å². The molecule has 29 heavy (non-hydrogen) atoms. The van der Waals surface area contributed by atoms with Gasteiger partial charge in [-0.2, -0.15) is 4.31 Å². The van der Waals surface area contributed by atoms with Crippen LogP contribution in [0.15, 0.2) is 23.1 Å². The maximum absolute atomic E-state index is 13.1. The molecule has 1 aliphatic heterocycles. The highest BCUT2D eigenvalue weighted by molar-refractivity contribution is 7.89. The maximum atomic E-state index is 13.1. The van der Waals surface area contributed by atoms with Gasteiger partial charge in [-0.05, 0) is 55.7 Å². The lowest BCUT2D eigenvalue weighted by molar-refractivity contribution is 0.0730. The monoisotopic (exact) mass is 424 g/mol. The van der Waals surface area contributed by atoms with Gasteiger partial charge >= 0.3 is 0 Å². The molecule has 1 aliphatic carbocycles. The number of sulfonamides is 1. The zero-order valence-corrected chi connectivity index (χ0v) is 17.9. The Hall–Kier alpha value is -1.48. The van der Waals surface area contributed by atoms with Gasteiger partial charge in [0, 0.05) is 25.2 Å². The predicted octanol–water partition coefficient (Wildman–Crippen LogP) is 1.94. The first-order chi connectivity index (χ1) is 13.9. The molecule has 1 saturated carbocycles. The van der Waals surface area contributed by atoms with Crippen molar-refractivity contribution < 1.29 is 23.1 Å². The molecule has 1 aromatic carbocycles. The molecule has 0 unspecified atom stereocenters. The van der Waals surface area contributed by atoms with E-state index in [2.05, 4.69) is 5.32 Å². The SMILES string of the molecule is CCc1ccc(C(=O)NCCC[C@H]2CCC[C@@H]2O)cc1S(=O)(=O)N1CCOCC1. The van der Waals surface area contributed by atoms with E-state index in [1.54, 1.807) is 12.1 Å². The Morgan fingerprint density at radius 3 is 2.69 bits per heavy atom. The fraction of sp³-hybridized carbons (Fsp3) is 0.667. The van der Waals surface area contributed by atoms with E-state index in [-0.39, 0.29) is 16.9 Å². The number of aryl methyl sites for hydroxylation is 1. The lowest BCUT2D eigenvalue weighted by atomic mass is 10.00. The van der Waals surface area contributed by atoms with Crippen LogP contribution in [0, 0.1) is 5.92 Å². The molecule has 7 nitrogen and oxygen atoms in total. The van der Waals surface area contributed by atoms with Crippen LogP contribution >= 0.6 is 0 Å². The summed E-state index contributed by atoms with van der Waals surface area (Å²) in [5.74, 6) is 0.0686. The Balaban J connectivity index is 1.65. The fourth-order valence-corrected chi connectivity index (χ4v) is 5.90. The number of hydrogen-bond donors (Lipinski definition) is 2. The third-order valence-corrected chi connectivity index (χ3v) is 7.94. The van der Waals surface area contributed by atoms with E-state index in [1.807, 2.05) is 6.92 Å². The van der Waals surface area contributed by atoms with E-state index in [0.29, 0.717) is 56.3 Å². The van der Waals surface area contributed by atoms with Crippen molar-refractivity contribution in [3.05, 3.63) is 29.3 Å². The molecule has 1 heterocycles. The van der Waals surface area contributed by atoms with E-state index in [1.165, 1.54) is 10.4 Å². The molecule has 1 amide bonds. The number of benzene rings is 1. The van der Waals surface area contributed by atoms with Gasteiger partial charge < -0.3 is 15.2 Å². The molecule has 2 aliphatic rings. The highest BCUT2D eigenvalue weighted by Crippen LogP contribution is 2.29. The second-order valence-corrected chi connectivity index (χ2v) is 9.76. The first-order valence-electron chi connectivity index (χ1n) is 10.6. The molecule has 0 radical (unpaired) electrons. The van der Waals surface area contributed by atoms with E-state index < -0.39 is 10.0 Å². The van der Waals surface area contributed by atoms with Crippen LogP contribution in [-0.4, -0.2) is 62.7 Å². The molecular formula is C21H32N2O5S. The van der Waals surface area contributed by atoms with Crippen LogP contribution in [0.5, 0.6) is 0 Å². The molecular weight excluding hydrogens is 392 g/mol. The van der Waals surface area contributed by atoms with Crippen LogP contribution in [0.4, 0.5) is 0 Å². The minimum absolute atomic E-state index is 0.208. The molecule has 0 aromatic heterocycles. The summed E-state index contributed by atoms with van der Waals surface area (Å²) in [6, 6.07) is 4.92. The predicted molar refractivity (Wildman–Crippen MR) is 110 cm³/mol. The molecule has 2 atom stereocenters. The summed E-state index contributed by atoms with van der Waals surface area (Å²) in [6.45, 7) is 3.85. The summed E-state index contributed by atoms with van der Waals surface area (Å²) < 4.78 is 32.9. The zero-order chi connectivity index (χ0) is 20.9. The third kappa shape index (κ3) is 5.36. The van der Waals surface area contributed by atoms with Crippen molar-refractivity contribution in [2.24, 2.45) is 5.92 Å². The smallest absolute Gasteiger partial charge is 0.251 e. The Kier molecular flexibility index (Phi) is 7.67. The largest absolute Gasteiger partial charge is 0.393 e. The van der Waals surface area contributed by atoms with Crippen molar-refractivity contribution in [1.29, 1.82) is 0 Å². The number of amides is 1. The standard InChI is InChI=1S/C21H32N2O5S/c1-2-16-8-9-18(15-20(16)29(26,27)23-11-13-28-14-12-23)21(25)22-10-4-6-17-5-3-7-19(17)24/h8-9,15,17,19,24H,2-7,10-14H2,1H3,(H,22,25)/t17-,19+/m1/s1. The van der Waals surface area contributed by atoms with Gasteiger partial charge in [-0.15, -0.1) is 0 Å². The number of nitrogens with one attached hydrogen (secondary N) is 1. The van der Waals surface area contributed by atoms with Gasteiger partial charge in [0.1, 0.15) is 0 Å². The van der Waals surface area contributed by atoms with Gasteiger partial charge in [0.05, 0.1) is 24.2 Å². The second kappa shape index (κ2) is 10.0. The zero-order valence-electron chi connectivity index (χ0n) is 17.1. The van der Waals surface area contributed by atoms with Gasteiger partial charge in [0.25, 0.3) is 5.91 Å². The molecule has 2 N–H and O–H groups in total. The first kappa shape index (κ1) is 22.2. The van der Waals surface area contributed by atoms with Crippen molar-refractivity contribution >= 4 is 15.9 Å². The van der Waals surface area contributed by atoms with E-state index in [9.17, 15) is 18.3 Å². The molecule has 0 spiro atoms. The average molecular weight is 425 g/mol. The number of nitrogens with zero attached hydrogens (tertiary/aromatic N) is 1. The van der Waals surface area contributed by atoms with E-state index in [0.717, 1.165) is 32.1 Å². The average Bonchev–Trinajstić information content (AvgIpc) is 3.15. The minimum atomic E-state index is -3.66. The third-order valence-electron chi connectivity index (χ3n) is 5.95. The van der Waals surface area contributed by atoms with E-state index >= 15 is 0 Å². The molecule has 0 bridgehead atoms. The highest BCUT2D eigenvalue weighted by Gasteiger charge is 2.29. The van der Waals surface area contributed by atoms with Gasteiger partial charge in [0.2, 0.25) is 10.0 Å². The van der Waals surface area contributed by atoms with Crippen molar-refractivity contribution in [2.75, 3.05) is 32.8 Å². The molecule has 2 fully saturated rings. The molecule has 1 aromatic rings. The van der Waals surface area contributed by atoms with Crippen LogP contribution in [-0.2, 0) is 21.2 Å². The summed E-state index contributed by atoms with van der Waals surface area (Å²) in [7, 11) is -3.66. The Labute approximate surface area is 173 Å². The van der Waals surface area contributed by atoms with Crippen LogP contribution in [0.25, 0.3) is 0 Å². The summed E-state index contributed by atoms with van der Waals surface area (Å²) in [4.78, 5) is 12.8. The summed E-state index contributed by atoms with van der Waals surface area (Å²) in [5.41, 5.74) is 1.07. The number of rotatable bonds is 8. The lowest BCUT2D eigenvalue weighted by Gasteiger charge is -2.27. The number of hydrogen-bond acceptors (Lipinski definition) is 5. The number of carbonyl (C=O) groups is 1. The molecule has 1 saturated heterocycles. The highest BCUT2D eigenvalue weighted by atomic mass is 32.2. The van der Waals surface area contributed by atoms with Crippen LogP contribution < -0.4 is 5.32 Å². The van der Waals surface area contributed by atoms with Crippen LogP contribution in [0.3, 0.4) is 0 Å². The maximum Gasteiger partial charge on any atom is 0.251 e.